The van der Waals surface area contributed by atoms with E-state index in [4.69, 9.17) is 4.74 Å². The molecular weight excluding hydrogens is 327 g/mol. The number of nitrogens with zero attached hydrogens (tertiary/aromatic N) is 2. The number of hydrogen-bond acceptors (Lipinski definition) is 4. The second-order valence-corrected chi connectivity index (χ2v) is 6.48. The zero-order valence-electron chi connectivity index (χ0n) is 13.4. The molecular formula is C18H17FN2O2S. The number of ether oxygens (including phenoxy) is 1. The van der Waals surface area contributed by atoms with E-state index < -0.39 is 5.82 Å². The van der Waals surface area contributed by atoms with Gasteiger partial charge in [-0.2, -0.15) is 0 Å². The van der Waals surface area contributed by atoms with E-state index in [0.29, 0.717) is 0 Å². The SMILES string of the molecule is C[C@H](c1nc2ccccc2s1)N(C)C(=O)COc1ccccc1F. The first-order valence-electron chi connectivity index (χ1n) is 7.54. The Morgan fingerprint density at radius 3 is 2.71 bits per heavy atom. The zero-order chi connectivity index (χ0) is 17.1. The van der Waals surface area contributed by atoms with E-state index in [1.54, 1.807) is 35.4 Å². The first-order chi connectivity index (χ1) is 11.6. The molecule has 24 heavy (non-hydrogen) atoms. The van der Waals surface area contributed by atoms with Crippen molar-refractivity contribution in [1.29, 1.82) is 0 Å². The third kappa shape index (κ3) is 3.38. The summed E-state index contributed by atoms with van der Waals surface area (Å²) >= 11 is 1.56. The predicted octanol–water partition coefficient (Wildman–Crippen LogP) is 4.03. The Morgan fingerprint density at radius 2 is 1.96 bits per heavy atom. The minimum atomic E-state index is -0.479. The molecule has 0 unspecified atom stereocenters. The van der Waals surface area contributed by atoms with Crippen LogP contribution < -0.4 is 4.74 Å². The summed E-state index contributed by atoms with van der Waals surface area (Å²) in [6.45, 7) is 1.70. The van der Waals surface area contributed by atoms with Crippen LogP contribution in [0.25, 0.3) is 10.2 Å². The number of para-hydroxylation sites is 2. The smallest absolute Gasteiger partial charge is 0.260 e. The quantitative estimate of drug-likeness (QED) is 0.702. The predicted molar refractivity (Wildman–Crippen MR) is 92.7 cm³/mol. The molecule has 1 atom stereocenters. The highest BCUT2D eigenvalue weighted by Crippen LogP contribution is 2.28. The van der Waals surface area contributed by atoms with E-state index in [9.17, 15) is 9.18 Å². The molecule has 0 aliphatic rings. The molecule has 0 saturated heterocycles. The van der Waals surface area contributed by atoms with Crippen LogP contribution in [0.2, 0.25) is 0 Å². The van der Waals surface area contributed by atoms with Gasteiger partial charge in [-0.1, -0.05) is 24.3 Å². The fourth-order valence-electron chi connectivity index (χ4n) is 2.25. The van der Waals surface area contributed by atoms with Crippen LogP contribution in [0.4, 0.5) is 4.39 Å². The first-order valence-corrected chi connectivity index (χ1v) is 8.36. The number of aromatic nitrogens is 1. The normalized spacial score (nSPS) is 12.1. The van der Waals surface area contributed by atoms with Crippen molar-refractivity contribution in [1.82, 2.24) is 9.88 Å². The minimum absolute atomic E-state index is 0.0758. The summed E-state index contributed by atoms with van der Waals surface area (Å²) in [5.74, 6) is -0.635. The molecule has 6 heteroatoms. The maximum atomic E-state index is 13.5. The lowest BCUT2D eigenvalue weighted by atomic mass is 10.3. The highest BCUT2D eigenvalue weighted by Gasteiger charge is 2.21. The van der Waals surface area contributed by atoms with E-state index in [1.165, 1.54) is 12.1 Å². The second kappa shape index (κ2) is 6.97. The molecule has 0 spiro atoms. The number of thiazole rings is 1. The Balaban J connectivity index is 1.67. The van der Waals surface area contributed by atoms with Crippen LogP contribution in [0.3, 0.4) is 0 Å². The highest BCUT2D eigenvalue weighted by atomic mass is 32.1. The molecule has 0 radical (unpaired) electrons. The van der Waals surface area contributed by atoms with Crippen molar-refractivity contribution in [3.63, 3.8) is 0 Å². The van der Waals surface area contributed by atoms with E-state index in [-0.39, 0.29) is 24.3 Å². The van der Waals surface area contributed by atoms with Crippen molar-refractivity contribution in [2.45, 2.75) is 13.0 Å². The van der Waals surface area contributed by atoms with Crippen LogP contribution >= 0.6 is 11.3 Å². The summed E-state index contributed by atoms with van der Waals surface area (Å²) in [4.78, 5) is 18.5. The molecule has 0 aliphatic carbocycles. The van der Waals surface area contributed by atoms with Gasteiger partial charge < -0.3 is 9.64 Å². The zero-order valence-corrected chi connectivity index (χ0v) is 14.2. The fourth-order valence-corrected chi connectivity index (χ4v) is 3.32. The van der Waals surface area contributed by atoms with Gasteiger partial charge in [0.2, 0.25) is 0 Å². The molecule has 3 rings (SSSR count). The summed E-state index contributed by atoms with van der Waals surface area (Å²) in [5, 5.41) is 0.859. The number of hydrogen-bond donors (Lipinski definition) is 0. The van der Waals surface area contributed by atoms with Crippen molar-refractivity contribution in [2.75, 3.05) is 13.7 Å². The molecule has 1 heterocycles. The molecule has 0 fully saturated rings. The summed E-state index contributed by atoms with van der Waals surface area (Å²) < 4.78 is 19.9. The fraction of sp³-hybridized carbons (Fsp3) is 0.222. The Bertz CT molecular complexity index is 832. The van der Waals surface area contributed by atoms with E-state index in [1.807, 2.05) is 31.2 Å². The number of rotatable bonds is 5. The number of amides is 1. The largest absolute Gasteiger partial charge is 0.481 e. The average Bonchev–Trinajstić information content (AvgIpc) is 3.03. The number of carbonyl (C=O) groups excluding carboxylic acids is 1. The topological polar surface area (TPSA) is 42.4 Å². The lowest BCUT2D eigenvalue weighted by Gasteiger charge is -2.23. The number of carbonyl (C=O) groups is 1. The van der Waals surface area contributed by atoms with Crippen molar-refractivity contribution < 1.29 is 13.9 Å². The molecule has 0 aliphatic heterocycles. The van der Waals surface area contributed by atoms with Gasteiger partial charge in [0, 0.05) is 7.05 Å². The van der Waals surface area contributed by atoms with Gasteiger partial charge in [0.1, 0.15) is 5.01 Å². The highest BCUT2D eigenvalue weighted by molar-refractivity contribution is 7.18. The number of halogens is 1. The number of fused-ring (bicyclic) bond motifs is 1. The van der Waals surface area contributed by atoms with Crippen LogP contribution in [0, 0.1) is 5.82 Å². The van der Waals surface area contributed by atoms with Gasteiger partial charge in [-0.25, -0.2) is 9.37 Å². The standard InChI is InChI=1S/C18H17FN2O2S/c1-12(18-20-14-8-4-6-10-16(14)24-18)21(2)17(22)11-23-15-9-5-3-7-13(15)19/h3-10,12H,11H2,1-2H3/t12-/m1/s1. The van der Waals surface area contributed by atoms with Gasteiger partial charge in [0.05, 0.1) is 16.3 Å². The summed E-state index contributed by atoms with van der Waals surface area (Å²) in [6, 6.07) is 13.7. The van der Waals surface area contributed by atoms with E-state index >= 15 is 0 Å². The molecule has 0 N–H and O–H groups in total. The molecule has 4 nitrogen and oxygen atoms in total. The Morgan fingerprint density at radius 1 is 1.25 bits per heavy atom. The van der Waals surface area contributed by atoms with Gasteiger partial charge in [-0.05, 0) is 31.2 Å². The monoisotopic (exact) mass is 344 g/mol. The van der Waals surface area contributed by atoms with Crippen LogP contribution in [0.15, 0.2) is 48.5 Å². The lowest BCUT2D eigenvalue weighted by molar-refractivity contribution is -0.134. The summed E-state index contributed by atoms with van der Waals surface area (Å²) in [6.07, 6.45) is 0. The number of benzene rings is 2. The summed E-state index contributed by atoms with van der Waals surface area (Å²) in [7, 11) is 1.70. The molecule has 3 aromatic rings. The minimum Gasteiger partial charge on any atom is -0.481 e. The molecule has 0 bridgehead atoms. The van der Waals surface area contributed by atoms with Crippen LogP contribution in [0.1, 0.15) is 18.0 Å². The molecule has 0 saturated carbocycles. The van der Waals surface area contributed by atoms with Crippen molar-refractivity contribution in [2.24, 2.45) is 0 Å². The van der Waals surface area contributed by atoms with Crippen LogP contribution in [-0.4, -0.2) is 29.4 Å². The van der Waals surface area contributed by atoms with Crippen LogP contribution in [-0.2, 0) is 4.79 Å². The molecule has 1 amide bonds. The van der Waals surface area contributed by atoms with Crippen molar-refractivity contribution >= 4 is 27.5 Å². The van der Waals surface area contributed by atoms with Crippen molar-refractivity contribution in [3.05, 3.63) is 59.4 Å². The van der Waals surface area contributed by atoms with E-state index in [0.717, 1.165) is 15.2 Å². The van der Waals surface area contributed by atoms with Crippen LogP contribution in [0.5, 0.6) is 5.75 Å². The van der Waals surface area contributed by atoms with Gasteiger partial charge in [-0.15, -0.1) is 11.3 Å². The third-order valence-electron chi connectivity index (χ3n) is 3.83. The van der Waals surface area contributed by atoms with Gasteiger partial charge in [-0.3, -0.25) is 4.79 Å². The molecule has 2 aromatic carbocycles. The first kappa shape index (κ1) is 16.4. The molecule has 1 aromatic heterocycles. The Hall–Kier alpha value is -2.47. The van der Waals surface area contributed by atoms with E-state index in [2.05, 4.69) is 4.98 Å². The third-order valence-corrected chi connectivity index (χ3v) is 5.04. The second-order valence-electron chi connectivity index (χ2n) is 5.42. The Labute approximate surface area is 143 Å². The maximum absolute atomic E-state index is 13.5. The molecule has 124 valence electrons. The Kier molecular flexibility index (Phi) is 4.76. The van der Waals surface area contributed by atoms with Gasteiger partial charge in [0.15, 0.2) is 18.2 Å². The maximum Gasteiger partial charge on any atom is 0.260 e. The average molecular weight is 344 g/mol. The number of likely N-dealkylation sites (N-methyl/N-ethyl adjacent to an activating group) is 1. The summed E-state index contributed by atoms with van der Waals surface area (Å²) in [5.41, 5.74) is 0.924. The van der Waals surface area contributed by atoms with Gasteiger partial charge >= 0.3 is 0 Å². The van der Waals surface area contributed by atoms with Gasteiger partial charge in [0.25, 0.3) is 5.91 Å². The van der Waals surface area contributed by atoms with Crippen molar-refractivity contribution in [3.8, 4) is 5.75 Å². The lowest BCUT2D eigenvalue weighted by Crippen LogP contribution is -2.33.